The van der Waals surface area contributed by atoms with E-state index in [1.807, 2.05) is 37.3 Å². The monoisotopic (exact) mass is 298 g/mol. The summed E-state index contributed by atoms with van der Waals surface area (Å²) in [4.78, 5) is 18.5. The van der Waals surface area contributed by atoms with Crippen LogP contribution in [-0.4, -0.2) is 22.6 Å². The molecule has 0 aromatic heterocycles. The van der Waals surface area contributed by atoms with Crippen molar-refractivity contribution in [1.29, 1.82) is 0 Å². The number of ether oxygens (including phenoxy) is 1. The van der Waals surface area contributed by atoms with Gasteiger partial charge in [-0.3, -0.25) is 4.90 Å². The zero-order valence-corrected chi connectivity index (χ0v) is 13.0. The molecule has 2 aliphatic rings. The van der Waals surface area contributed by atoms with Crippen molar-refractivity contribution in [1.82, 2.24) is 4.90 Å². The number of benzene rings is 1. The van der Waals surface area contributed by atoms with Crippen LogP contribution in [0.15, 0.2) is 47.5 Å². The number of amides is 2. The van der Waals surface area contributed by atoms with E-state index in [-0.39, 0.29) is 6.03 Å². The number of nitrogens with zero attached hydrogens (tertiary/aromatic N) is 2. The third-order valence-corrected chi connectivity index (χ3v) is 4.39. The van der Waals surface area contributed by atoms with Gasteiger partial charge in [0, 0.05) is 18.4 Å². The standard InChI is InChI=1S/C18H22N2O2/c1-14(2)16-19-17(21)20(13-15-9-5-3-6-10-15)18(22-16)11-7-4-8-12-18/h3,5-6,9-10H,1,4,7-8,11-13H2,2H3. The molecule has 1 aliphatic heterocycles. The Morgan fingerprint density at radius 2 is 1.95 bits per heavy atom. The van der Waals surface area contributed by atoms with Crippen LogP contribution in [0.2, 0.25) is 0 Å². The van der Waals surface area contributed by atoms with Gasteiger partial charge in [0.1, 0.15) is 0 Å². The van der Waals surface area contributed by atoms with Crippen LogP contribution in [0.25, 0.3) is 0 Å². The maximum absolute atomic E-state index is 12.6. The molecule has 1 heterocycles. The first-order valence-corrected chi connectivity index (χ1v) is 7.90. The molecule has 1 aromatic carbocycles. The maximum atomic E-state index is 12.6. The lowest BCUT2D eigenvalue weighted by molar-refractivity contribution is -0.103. The lowest BCUT2D eigenvalue weighted by Crippen LogP contribution is -2.57. The zero-order valence-electron chi connectivity index (χ0n) is 13.0. The fourth-order valence-corrected chi connectivity index (χ4v) is 3.22. The summed E-state index contributed by atoms with van der Waals surface area (Å²) in [6.07, 6.45) is 5.05. The summed E-state index contributed by atoms with van der Waals surface area (Å²) in [7, 11) is 0. The number of hydrogen-bond donors (Lipinski definition) is 0. The molecule has 2 amide bonds. The second kappa shape index (κ2) is 5.95. The number of hydrogen-bond acceptors (Lipinski definition) is 2. The predicted octanol–water partition coefficient (Wildman–Crippen LogP) is 4.27. The van der Waals surface area contributed by atoms with Crippen LogP contribution in [0.3, 0.4) is 0 Å². The van der Waals surface area contributed by atoms with Crippen LogP contribution in [0.4, 0.5) is 4.79 Å². The largest absolute Gasteiger partial charge is 0.450 e. The number of aliphatic imine (C=N–C) groups is 1. The van der Waals surface area contributed by atoms with Crippen molar-refractivity contribution in [2.75, 3.05) is 0 Å². The number of carbonyl (C=O) groups excluding carboxylic acids is 1. The van der Waals surface area contributed by atoms with Crippen LogP contribution in [0.1, 0.15) is 44.6 Å². The fraction of sp³-hybridized carbons (Fsp3) is 0.444. The molecule has 0 unspecified atom stereocenters. The lowest BCUT2D eigenvalue weighted by atomic mass is 9.89. The molecule has 0 N–H and O–H groups in total. The summed E-state index contributed by atoms with van der Waals surface area (Å²) >= 11 is 0. The Bertz CT molecular complexity index is 601. The van der Waals surface area contributed by atoms with Crippen molar-refractivity contribution in [3.8, 4) is 0 Å². The van der Waals surface area contributed by atoms with Crippen LogP contribution < -0.4 is 0 Å². The van der Waals surface area contributed by atoms with Gasteiger partial charge in [-0.15, -0.1) is 0 Å². The van der Waals surface area contributed by atoms with E-state index in [0.29, 0.717) is 18.0 Å². The van der Waals surface area contributed by atoms with Gasteiger partial charge in [0.2, 0.25) is 5.90 Å². The molecule has 1 spiro atoms. The molecule has 0 saturated heterocycles. The van der Waals surface area contributed by atoms with Crippen molar-refractivity contribution in [3.63, 3.8) is 0 Å². The molecule has 116 valence electrons. The fourth-order valence-electron chi connectivity index (χ4n) is 3.22. The molecule has 1 aliphatic carbocycles. The molecule has 0 bridgehead atoms. The van der Waals surface area contributed by atoms with E-state index in [2.05, 4.69) is 11.6 Å². The van der Waals surface area contributed by atoms with Crippen LogP contribution in [0, 0.1) is 0 Å². The molecular weight excluding hydrogens is 276 g/mol. The molecule has 4 heteroatoms. The normalized spacial score (nSPS) is 20.5. The van der Waals surface area contributed by atoms with E-state index in [0.717, 1.165) is 31.2 Å². The number of urea groups is 1. The highest BCUT2D eigenvalue weighted by molar-refractivity contribution is 6.01. The van der Waals surface area contributed by atoms with Crippen molar-refractivity contribution < 1.29 is 9.53 Å². The highest BCUT2D eigenvalue weighted by Crippen LogP contribution is 2.39. The first kappa shape index (κ1) is 14.8. The predicted molar refractivity (Wildman–Crippen MR) is 86.5 cm³/mol. The Balaban J connectivity index is 1.93. The average Bonchev–Trinajstić information content (AvgIpc) is 2.53. The molecule has 0 atom stereocenters. The van der Waals surface area contributed by atoms with Crippen molar-refractivity contribution in [2.24, 2.45) is 4.99 Å². The van der Waals surface area contributed by atoms with Gasteiger partial charge in [0.05, 0.1) is 6.54 Å². The first-order chi connectivity index (χ1) is 10.6. The SMILES string of the molecule is C=C(C)C1=NC(=O)N(Cc2ccccc2)C2(CCCCC2)O1. The second-order valence-corrected chi connectivity index (χ2v) is 6.16. The average molecular weight is 298 g/mol. The van der Waals surface area contributed by atoms with Crippen molar-refractivity contribution in [3.05, 3.63) is 48.0 Å². The van der Waals surface area contributed by atoms with Gasteiger partial charge in [-0.2, -0.15) is 4.99 Å². The third kappa shape index (κ3) is 2.78. The molecular formula is C18H22N2O2. The van der Waals surface area contributed by atoms with Gasteiger partial charge in [0.25, 0.3) is 0 Å². The van der Waals surface area contributed by atoms with Crippen LogP contribution in [0.5, 0.6) is 0 Å². The van der Waals surface area contributed by atoms with E-state index in [1.54, 1.807) is 4.90 Å². The minimum absolute atomic E-state index is 0.213. The highest BCUT2D eigenvalue weighted by Gasteiger charge is 2.46. The Morgan fingerprint density at radius 3 is 2.59 bits per heavy atom. The zero-order chi connectivity index (χ0) is 15.6. The van der Waals surface area contributed by atoms with Gasteiger partial charge in [-0.25, -0.2) is 4.79 Å². The van der Waals surface area contributed by atoms with E-state index >= 15 is 0 Å². The van der Waals surface area contributed by atoms with E-state index in [1.165, 1.54) is 6.42 Å². The lowest BCUT2D eigenvalue weighted by Gasteiger charge is -2.47. The summed E-state index contributed by atoms with van der Waals surface area (Å²) < 4.78 is 6.19. The first-order valence-electron chi connectivity index (χ1n) is 7.90. The topological polar surface area (TPSA) is 41.9 Å². The minimum Gasteiger partial charge on any atom is -0.450 e. The molecule has 1 aromatic rings. The molecule has 3 rings (SSSR count). The highest BCUT2D eigenvalue weighted by atomic mass is 16.5. The second-order valence-electron chi connectivity index (χ2n) is 6.16. The smallest absolute Gasteiger partial charge is 0.350 e. The summed E-state index contributed by atoms with van der Waals surface area (Å²) in [6, 6.07) is 9.80. The Morgan fingerprint density at radius 1 is 1.27 bits per heavy atom. The molecule has 22 heavy (non-hydrogen) atoms. The van der Waals surface area contributed by atoms with Gasteiger partial charge in [0.15, 0.2) is 5.72 Å². The Kier molecular flexibility index (Phi) is 4.01. The van der Waals surface area contributed by atoms with E-state index in [9.17, 15) is 4.79 Å². The Hall–Kier alpha value is -2.10. The van der Waals surface area contributed by atoms with Crippen molar-refractivity contribution >= 4 is 11.9 Å². The number of rotatable bonds is 3. The molecule has 1 fully saturated rings. The van der Waals surface area contributed by atoms with Crippen molar-refractivity contribution in [2.45, 2.75) is 51.3 Å². The third-order valence-electron chi connectivity index (χ3n) is 4.39. The summed E-state index contributed by atoms with van der Waals surface area (Å²) in [6.45, 7) is 6.24. The summed E-state index contributed by atoms with van der Waals surface area (Å²) in [5.41, 5.74) is 1.25. The molecule has 4 nitrogen and oxygen atoms in total. The number of carbonyl (C=O) groups is 1. The molecule has 1 saturated carbocycles. The minimum atomic E-state index is -0.554. The maximum Gasteiger partial charge on any atom is 0.350 e. The van der Waals surface area contributed by atoms with Gasteiger partial charge >= 0.3 is 6.03 Å². The van der Waals surface area contributed by atoms with Crippen LogP contribution >= 0.6 is 0 Å². The summed E-state index contributed by atoms with van der Waals surface area (Å²) in [5.74, 6) is 0.399. The summed E-state index contributed by atoms with van der Waals surface area (Å²) in [5, 5.41) is 0. The quantitative estimate of drug-likeness (QED) is 0.836. The van der Waals surface area contributed by atoms with Crippen LogP contribution in [-0.2, 0) is 11.3 Å². The van der Waals surface area contributed by atoms with E-state index in [4.69, 9.17) is 4.74 Å². The van der Waals surface area contributed by atoms with Gasteiger partial charge in [-0.05, 0) is 25.3 Å². The van der Waals surface area contributed by atoms with Gasteiger partial charge in [-0.1, -0.05) is 43.3 Å². The molecule has 0 radical (unpaired) electrons. The van der Waals surface area contributed by atoms with Gasteiger partial charge < -0.3 is 4.74 Å². The van der Waals surface area contributed by atoms with E-state index < -0.39 is 5.72 Å². The Labute approximate surface area is 131 Å².